The summed E-state index contributed by atoms with van der Waals surface area (Å²) in [5, 5.41) is 4.61. The summed E-state index contributed by atoms with van der Waals surface area (Å²) in [4.78, 5) is 2.30. The number of halogens is 1. The molecule has 0 amide bonds. The fourth-order valence-electron chi connectivity index (χ4n) is 2.35. The maximum Gasteiger partial charge on any atom is 0.253 e. The molecule has 0 spiro atoms. The van der Waals surface area contributed by atoms with Crippen molar-refractivity contribution in [2.45, 2.75) is 33.2 Å². The summed E-state index contributed by atoms with van der Waals surface area (Å²) in [6.07, 6.45) is 5.35. The van der Waals surface area contributed by atoms with Crippen molar-refractivity contribution in [3.63, 3.8) is 0 Å². The van der Waals surface area contributed by atoms with Gasteiger partial charge in [0.1, 0.15) is 12.4 Å². The number of imidazole rings is 1. The van der Waals surface area contributed by atoms with Crippen LogP contribution in [0, 0.1) is 6.92 Å². The molecule has 8 heteroatoms. The summed E-state index contributed by atoms with van der Waals surface area (Å²) in [6.45, 7) is 4.59. The third-order valence-corrected chi connectivity index (χ3v) is 5.52. The molecule has 1 heterocycles. The van der Waals surface area contributed by atoms with Gasteiger partial charge < -0.3 is 0 Å². The zero-order chi connectivity index (χ0) is 18.4. The molecule has 0 fully saturated rings. The lowest BCUT2D eigenvalue weighted by atomic mass is 10.1. The van der Waals surface area contributed by atoms with Crippen LogP contribution >= 0.6 is 11.6 Å². The number of nitrogens with one attached hydrogen (secondary N) is 1. The van der Waals surface area contributed by atoms with Crippen molar-refractivity contribution in [3.8, 4) is 0 Å². The molecule has 0 bridgehead atoms. The summed E-state index contributed by atoms with van der Waals surface area (Å²) in [5.74, 6) is 1.20. The van der Waals surface area contributed by atoms with Crippen LogP contribution in [0.1, 0.15) is 31.2 Å². The van der Waals surface area contributed by atoms with Crippen molar-refractivity contribution < 1.29 is 13.0 Å². The Morgan fingerprint density at radius 2 is 1.96 bits per heavy atom. The van der Waals surface area contributed by atoms with Crippen molar-refractivity contribution in [2.75, 3.05) is 5.75 Å². The lowest BCUT2D eigenvalue weighted by Crippen LogP contribution is -2.29. The minimum atomic E-state index is -3.43. The number of hydrogen-bond donors (Lipinski definition) is 1. The van der Waals surface area contributed by atoms with E-state index in [1.807, 2.05) is 30.9 Å². The molecule has 1 aromatic heterocycles. The highest BCUT2D eigenvalue weighted by Gasteiger charge is 2.11. The van der Waals surface area contributed by atoms with Gasteiger partial charge in [0.2, 0.25) is 10.0 Å². The average molecular weight is 384 g/mol. The Kier molecular flexibility index (Phi) is 6.61. The normalized spacial score (nSPS) is 12.4. The van der Waals surface area contributed by atoms with Crippen LogP contribution in [-0.2, 0) is 23.6 Å². The molecule has 0 aliphatic heterocycles. The van der Waals surface area contributed by atoms with Gasteiger partial charge in [-0.1, -0.05) is 23.7 Å². The van der Waals surface area contributed by atoms with Crippen molar-refractivity contribution in [2.24, 2.45) is 12.1 Å². The minimum absolute atomic E-state index is 0.0524. The van der Waals surface area contributed by atoms with E-state index in [9.17, 15) is 8.42 Å². The number of sulfonamides is 1. The number of hydrogen-bond acceptors (Lipinski definition) is 3. The quantitative estimate of drug-likeness (QED) is 0.329. The summed E-state index contributed by atoms with van der Waals surface area (Å²) in [7, 11) is -1.44. The van der Waals surface area contributed by atoms with Gasteiger partial charge in [-0.15, -0.1) is 0 Å². The number of hydrazone groups is 1. The van der Waals surface area contributed by atoms with Gasteiger partial charge >= 0.3 is 0 Å². The van der Waals surface area contributed by atoms with E-state index < -0.39 is 10.0 Å². The number of unbranched alkanes of at least 4 members (excludes halogenated alkanes) is 1. The topological polar surface area (TPSA) is 67.3 Å². The highest BCUT2D eigenvalue weighted by molar-refractivity contribution is 7.89. The van der Waals surface area contributed by atoms with Crippen LogP contribution in [0.4, 0.5) is 0 Å². The first-order chi connectivity index (χ1) is 11.8. The van der Waals surface area contributed by atoms with Crippen LogP contribution in [0.15, 0.2) is 41.8 Å². The number of nitrogens with zero attached hydrogens (tertiary/aromatic N) is 3. The van der Waals surface area contributed by atoms with Gasteiger partial charge in [-0.25, -0.2) is 22.4 Å². The summed E-state index contributed by atoms with van der Waals surface area (Å²) >= 11 is 5.84. The highest BCUT2D eigenvalue weighted by Crippen LogP contribution is 2.10. The Morgan fingerprint density at radius 3 is 2.56 bits per heavy atom. The van der Waals surface area contributed by atoms with Crippen LogP contribution < -0.4 is 9.40 Å². The van der Waals surface area contributed by atoms with Gasteiger partial charge in [-0.2, -0.15) is 5.10 Å². The van der Waals surface area contributed by atoms with Crippen LogP contribution in [-0.4, -0.2) is 24.4 Å². The average Bonchev–Trinajstić information content (AvgIpc) is 2.89. The van der Waals surface area contributed by atoms with E-state index in [2.05, 4.69) is 14.5 Å². The van der Waals surface area contributed by atoms with E-state index >= 15 is 0 Å². The first-order valence-electron chi connectivity index (χ1n) is 8.09. The largest absolute Gasteiger partial charge is 0.253 e. The van der Waals surface area contributed by atoms with Gasteiger partial charge in [0.05, 0.1) is 25.1 Å². The van der Waals surface area contributed by atoms with Crippen LogP contribution in [0.25, 0.3) is 0 Å². The second kappa shape index (κ2) is 8.49. The summed E-state index contributed by atoms with van der Waals surface area (Å²) in [5.41, 5.74) is 1.42. The maximum atomic E-state index is 12.1. The van der Waals surface area contributed by atoms with Crippen LogP contribution in [0.2, 0.25) is 5.02 Å². The molecule has 136 valence electrons. The zero-order valence-corrected chi connectivity index (χ0v) is 16.3. The van der Waals surface area contributed by atoms with Crippen molar-refractivity contribution in [3.05, 3.63) is 53.1 Å². The lowest BCUT2D eigenvalue weighted by molar-refractivity contribution is -0.677. The maximum absolute atomic E-state index is 12.1. The first-order valence-corrected chi connectivity index (χ1v) is 10.1. The van der Waals surface area contributed by atoms with Crippen molar-refractivity contribution in [1.82, 2.24) is 9.40 Å². The third-order valence-electron chi connectivity index (χ3n) is 4.07. The predicted molar refractivity (Wildman–Crippen MR) is 100 cm³/mol. The lowest BCUT2D eigenvalue weighted by Gasteiger charge is -2.05. The molecule has 6 nitrogen and oxygen atoms in total. The molecule has 2 aromatic rings. The molecular formula is C17H24ClN4O2S+. The van der Waals surface area contributed by atoms with Gasteiger partial charge in [0.15, 0.2) is 0 Å². The Morgan fingerprint density at radius 1 is 1.28 bits per heavy atom. The molecule has 0 unspecified atom stereocenters. The monoisotopic (exact) mass is 383 g/mol. The fourth-order valence-corrected chi connectivity index (χ4v) is 3.43. The third kappa shape index (κ3) is 5.86. The van der Waals surface area contributed by atoms with Crippen molar-refractivity contribution in [1.29, 1.82) is 0 Å². The molecule has 0 radical (unpaired) electrons. The first kappa shape index (κ1) is 19.5. The van der Waals surface area contributed by atoms with E-state index in [4.69, 9.17) is 11.6 Å². The van der Waals surface area contributed by atoms with Gasteiger partial charge in [0, 0.05) is 11.9 Å². The molecule has 0 saturated carbocycles. The Bertz CT molecular complexity index is 842. The molecule has 1 aromatic carbocycles. The van der Waals surface area contributed by atoms with E-state index in [0.717, 1.165) is 24.4 Å². The van der Waals surface area contributed by atoms with Gasteiger partial charge in [-0.3, -0.25) is 0 Å². The second-order valence-electron chi connectivity index (χ2n) is 5.97. The SMILES string of the molecule is C/C(=N/NS(=O)(=O)CCCCn1cc[n+](C)c1C)c1ccc(Cl)cc1. The van der Waals surface area contributed by atoms with E-state index in [0.29, 0.717) is 17.2 Å². The molecule has 0 saturated heterocycles. The number of aryl methyl sites for hydroxylation is 2. The molecule has 0 aliphatic rings. The standard InChI is InChI=1S/C17H24ClN4O2S/c1-14(16-6-8-17(18)9-7-16)19-20-25(23,24)13-5-4-10-22-12-11-21(3)15(22)2/h6-9,11-12,20H,4-5,10,13H2,1-3H3/q+1/b19-14-. The predicted octanol–water partition coefficient (Wildman–Crippen LogP) is 2.40. The Hall–Kier alpha value is -1.86. The van der Waals surface area contributed by atoms with Crippen molar-refractivity contribution >= 4 is 27.3 Å². The number of rotatable bonds is 8. The van der Waals surface area contributed by atoms with Crippen LogP contribution in [0.3, 0.4) is 0 Å². The Balaban J connectivity index is 1.82. The summed E-state index contributed by atoms with van der Waals surface area (Å²) < 4.78 is 28.3. The second-order valence-corrected chi connectivity index (χ2v) is 8.23. The molecule has 1 N–H and O–H groups in total. The Labute approximate surface area is 154 Å². The zero-order valence-electron chi connectivity index (χ0n) is 14.7. The fraction of sp³-hybridized carbons (Fsp3) is 0.412. The minimum Gasteiger partial charge on any atom is -0.237 e. The highest BCUT2D eigenvalue weighted by atomic mass is 35.5. The number of benzene rings is 1. The van der Waals surface area contributed by atoms with E-state index in [1.54, 1.807) is 31.2 Å². The van der Waals surface area contributed by atoms with E-state index in [-0.39, 0.29) is 5.75 Å². The molecule has 0 atom stereocenters. The molecular weight excluding hydrogens is 360 g/mol. The van der Waals surface area contributed by atoms with Crippen LogP contribution in [0.5, 0.6) is 0 Å². The molecule has 2 rings (SSSR count). The molecule has 25 heavy (non-hydrogen) atoms. The van der Waals surface area contributed by atoms with E-state index in [1.165, 1.54) is 0 Å². The number of aromatic nitrogens is 2. The van der Waals surface area contributed by atoms with Gasteiger partial charge in [-0.05, 0) is 37.5 Å². The smallest absolute Gasteiger partial charge is 0.237 e. The molecule has 0 aliphatic carbocycles. The summed E-state index contributed by atoms with van der Waals surface area (Å²) in [6, 6.07) is 7.09. The van der Waals surface area contributed by atoms with Gasteiger partial charge in [0.25, 0.3) is 5.82 Å².